The van der Waals surface area contributed by atoms with Crippen LogP contribution in [0.15, 0.2) is 24.3 Å². The van der Waals surface area contributed by atoms with Gasteiger partial charge in [0.05, 0.1) is 5.56 Å². The molecule has 0 unspecified atom stereocenters. The van der Waals surface area contributed by atoms with Gasteiger partial charge in [-0.25, -0.2) is 0 Å². The summed E-state index contributed by atoms with van der Waals surface area (Å²) in [6.45, 7) is 6.94. The zero-order valence-corrected chi connectivity index (χ0v) is 18.2. The zero-order chi connectivity index (χ0) is 21.5. The summed E-state index contributed by atoms with van der Waals surface area (Å²) in [6, 6.07) is 5.48. The van der Waals surface area contributed by atoms with Crippen LogP contribution in [-0.2, 0) is 17.6 Å². The molecular weight excluding hydrogens is 400 g/mol. The van der Waals surface area contributed by atoms with E-state index in [1.54, 1.807) is 6.08 Å². The number of rotatable bonds is 4. The van der Waals surface area contributed by atoms with Crippen LogP contribution in [0.5, 0.6) is 11.5 Å². The first-order valence-corrected chi connectivity index (χ1v) is 10.9. The molecule has 6 nitrogen and oxygen atoms in total. The standard InChI is InChI=1S/C23H26N2O4S/c1-23(2,3)14-6-7-15-18(11-14)30-22(20(15)21(24)27)25-19(26)9-5-13-4-8-16-17(10-13)29-12-28-16/h4-5,8-10,14H,6-7,11-12H2,1-3H3,(H2,24,27)(H,25,26)/b9-5+/t14-/m0/s1. The van der Waals surface area contributed by atoms with Crippen molar-refractivity contribution in [2.45, 2.75) is 40.0 Å². The van der Waals surface area contributed by atoms with Crippen molar-refractivity contribution in [2.75, 3.05) is 12.1 Å². The number of hydrogen-bond donors (Lipinski definition) is 2. The summed E-state index contributed by atoms with van der Waals surface area (Å²) in [5, 5.41) is 3.41. The van der Waals surface area contributed by atoms with E-state index in [1.807, 2.05) is 18.2 Å². The van der Waals surface area contributed by atoms with Crippen molar-refractivity contribution in [3.05, 3.63) is 45.8 Å². The lowest BCUT2D eigenvalue weighted by molar-refractivity contribution is -0.111. The second kappa shape index (κ2) is 7.80. The minimum absolute atomic E-state index is 0.200. The molecule has 0 fully saturated rings. The second-order valence-corrected chi connectivity index (χ2v) is 9.92. The predicted molar refractivity (Wildman–Crippen MR) is 118 cm³/mol. The summed E-state index contributed by atoms with van der Waals surface area (Å²) >= 11 is 1.47. The molecule has 158 valence electrons. The number of amides is 2. The number of ether oxygens (including phenoxy) is 2. The Morgan fingerprint density at radius 2 is 2.00 bits per heavy atom. The number of carbonyl (C=O) groups excluding carboxylic acids is 2. The van der Waals surface area contributed by atoms with Gasteiger partial charge in [-0.05, 0) is 59.9 Å². The third-order valence-corrected chi connectivity index (χ3v) is 6.97. The number of nitrogens with two attached hydrogens (primary N) is 1. The Labute approximate surface area is 180 Å². The van der Waals surface area contributed by atoms with Gasteiger partial charge in [0.1, 0.15) is 5.00 Å². The lowest BCUT2D eigenvalue weighted by atomic mass is 9.72. The number of anilines is 1. The van der Waals surface area contributed by atoms with E-state index in [0.717, 1.165) is 35.3 Å². The first-order chi connectivity index (χ1) is 14.2. The highest BCUT2D eigenvalue weighted by Gasteiger charge is 2.33. The van der Waals surface area contributed by atoms with Gasteiger partial charge in [-0.15, -0.1) is 11.3 Å². The van der Waals surface area contributed by atoms with E-state index in [2.05, 4.69) is 26.1 Å². The van der Waals surface area contributed by atoms with Gasteiger partial charge in [-0.1, -0.05) is 26.8 Å². The molecule has 0 bridgehead atoms. The summed E-state index contributed by atoms with van der Waals surface area (Å²) in [5.74, 6) is 1.10. The normalized spacial score (nSPS) is 17.8. The van der Waals surface area contributed by atoms with Crippen LogP contribution in [0.2, 0.25) is 0 Å². The summed E-state index contributed by atoms with van der Waals surface area (Å²) in [7, 11) is 0. The first-order valence-electron chi connectivity index (χ1n) is 10.1. The lowest BCUT2D eigenvalue weighted by Crippen LogP contribution is -2.27. The monoisotopic (exact) mass is 426 g/mol. The minimum Gasteiger partial charge on any atom is -0.454 e. The Morgan fingerprint density at radius 1 is 1.23 bits per heavy atom. The predicted octanol–water partition coefficient (Wildman–Crippen LogP) is 4.38. The van der Waals surface area contributed by atoms with Crippen LogP contribution in [0.1, 0.15) is 53.6 Å². The van der Waals surface area contributed by atoms with Crippen molar-refractivity contribution in [3.8, 4) is 11.5 Å². The highest BCUT2D eigenvalue weighted by molar-refractivity contribution is 7.17. The van der Waals surface area contributed by atoms with Crippen molar-refractivity contribution in [2.24, 2.45) is 17.1 Å². The van der Waals surface area contributed by atoms with Crippen molar-refractivity contribution >= 4 is 34.2 Å². The van der Waals surface area contributed by atoms with Crippen LogP contribution in [-0.4, -0.2) is 18.6 Å². The van der Waals surface area contributed by atoms with Gasteiger partial charge in [0.15, 0.2) is 11.5 Å². The number of nitrogens with one attached hydrogen (secondary N) is 1. The molecule has 0 saturated carbocycles. The molecule has 0 saturated heterocycles. The Hall–Kier alpha value is -2.80. The molecular formula is C23H26N2O4S. The van der Waals surface area contributed by atoms with E-state index in [9.17, 15) is 9.59 Å². The average Bonchev–Trinajstić information content (AvgIpc) is 3.28. The third-order valence-electron chi connectivity index (χ3n) is 5.80. The van der Waals surface area contributed by atoms with Crippen molar-refractivity contribution in [1.82, 2.24) is 0 Å². The molecule has 0 spiro atoms. The van der Waals surface area contributed by atoms with E-state index in [1.165, 1.54) is 17.4 Å². The molecule has 1 atom stereocenters. The van der Waals surface area contributed by atoms with Gasteiger partial charge in [0.2, 0.25) is 12.7 Å². The van der Waals surface area contributed by atoms with Gasteiger partial charge >= 0.3 is 0 Å². The van der Waals surface area contributed by atoms with Crippen molar-refractivity contribution < 1.29 is 19.1 Å². The first kappa shape index (κ1) is 20.5. The van der Waals surface area contributed by atoms with Gasteiger partial charge in [-0.3, -0.25) is 9.59 Å². The van der Waals surface area contributed by atoms with Crippen molar-refractivity contribution in [3.63, 3.8) is 0 Å². The summed E-state index contributed by atoms with van der Waals surface area (Å²) in [4.78, 5) is 25.8. The Balaban J connectivity index is 1.52. The Kier molecular flexibility index (Phi) is 5.32. The Morgan fingerprint density at radius 3 is 2.73 bits per heavy atom. The van der Waals surface area contributed by atoms with Gasteiger partial charge in [-0.2, -0.15) is 0 Å². The van der Waals surface area contributed by atoms with Gasteiger partial charge in [0, 0.05) is 11.0 Å². The summed E-state index contributed by atoms with van der Waals surface area (Å²) in [6.07, 6.45) is 5.88. The topological polar surface area (TPSA) is 90.7 Å². The van der Waals surface area contributed by atoms with Crippen LogP contribution in [0, 0.1) is 11.3 Å². The fraction of sp³-hybridized carbons (Fsp3) is 0.391. The number of carbonyl (C=O) groups is 2. The molecule has 4 rings (SSSR count). The quantitative estimate of drug-likeness (QED) is 0.710. The number of fused-ring (bicyclic) bond motifs is 2. The molecule has 0 radical (unpaired) electrons. The van der Waals surface area contributed by atoms with E-state index in [0.29, 0.717) is 28.0 Å². The molecule has 7 heteroatoms. The van der Waals surface area contributed by atoms with Crippen LogP contribution >= 0.6 is 11.3 Å². The van der Waals surface area contributed by atoms with Crippen molar-refractivity contribution in [1.29, 1.82) is 0 Å². The number of thiophene rings is 1. The molecule has 1 aromatic heterocycles. The van der Waals surface area contributed by atoms with Crippen LogP contribution < -0.4 is 20.5 Å². The van der Waals surface area contributed by atoms with Crippen LogP contribution in [0.25, 0.3) is 6.08 Å². The van der Waals surface area contributed by atoms with E-state index < -0.39 is 5.91 Å². The average molecular weight is 427 g/mol. The molecule has 30 heavy (non-hydrogen) atoms. The maximum Gasteiger partial charge on any atom is 0.251 e. The largest absolute Gasteiger partial charge is 0.454 e. The van der Waals surface area contributed by atoms with Crippen LogP contribution in [0.4, 0.5) is 5.00 Å². The van der Waals surface area contributed by atoms with E-state index >= 15 is 0 Å². The fourth-order valence-electron chi connectivity index (χ4n) is 4.02. The number of benzene rings is 1. The number of hydrogen-bond acceptors (Lipinski definition) is 5. The lowest BCUT2D eigenvalue weighted by Gasteiger charge is -2.33. The Bertz CT molecular complexity index is 1030. The molecule has 1 aliphatic carbocycles. The third kappa shape index (κ3) is 4.07. The van der Waals surface area contributed by atoms with E-state index in [4.69, 9.17) is 15.2 Å². The minimum atomic E-state index is -0.489. The molecule has 1 aliphatic heterocycles. The molecule has 2 aromatic rings. The highest BCUT2D eigenvalue weighted by Crippen LogP contribution is 2.44. The fourth-order valence-corrected chi connectivity index (χ4v) is 5.35. The molecule has 2 amide bonds. The van der Waals surface area contributed by atoms with Gasteiger partial charge < -0.3 is 20.5 Å². The summed E-state index contributed by atoms with van der Waals surface area (Å²) in [5.41, 5.74) is 8.16. The highest BCUT2D eigenvalue weighted by atomic mass is 32.1. The SMILES string of the molecule is CC(C)(C)[C@H]1CCc2c(sc(NC(=O)/C=C/c3ccc4c(c3)OCO4)c2C(N)=O)C1. The molecule has 2 aliphatic rings. The maximum atomic E-state index is 12.5. The maximum absolute atomic E-state index is 12.5. The second-order valence-electron chi connectivity index (χ2n) is 8.81. The smallest absolute Gasteiger partial charge is 0.251 e. The van der Waals surface area contributed by atoms with Crippen LogP contribution in [0.3, 0.4) is 0 Å². The number of primary amides is 1. The molecule has 2 heterocycles. The molecule has 1 aromatic carbocycles. The van der Waals surface area contributed by atoms with Gasteiger partial charge in [0.25, 0.3) is 5.91 Å². The van der Waals surface area contributed by atoms with E-state index in [-0.39, 0.29) is 18.1 Å². The summed E-state index contributed by atoms with van der Waals surface area (Å²) < 4.78 is 10.7. The zero-order valence-electron chi connectivity index (χ0n) is 17.4. The molecule has 3 N–H and O–H groups in total.